The Bertz CT molecular complexity index is 625. The van der Waals surface area contributed by atoms with Crippen LogP contribution in [0.5, 0.6) is 0 Å². The number of aryl methyl sites for hydroxylation is 1. The normalized spacial score (nSPS) is 11.3. The molecule has 0 radical (unpaired) electrons. The number of hydrogen-bond acceptors (Lipinski definition) is 2. The lowest BCUT2D eigenvalue weighted by Gasteiger charge is -1.98. The molecule has 2 rings (SSSR count). The first-order chi connectivity index (χ1) is 10.3. The van der Waals surface area contributed by atoms with Gasteiger partial charge in [0, 0.05) is 5.02 Å². The van der Waals surface area contributed by atoms with Crippen molar-refractivity contribution in [2.75, 3.05) is 0 Å². The van der Waals surface area contributed by atoms with Gasteiger partial charge in [-0.1, -0.05) is 54.1 Å². The molecule has 0 saturated heterocycles. The van der Waals surface area contributed by atoms with E-state index in [0.717, 1.165) is 24.0 Å². The Morgan fingerprint density at radius 3 is 1.90 bits per heavy atom. The van der Waals surface area contributed by atoms with Gasteiger partial charge in [-0.2, -0.15) is 10.2 Å². The average molecular weight is 297 g/mol. The van der Waals surface area contributed by atoms with Crippen molar-refractivity contribution in [2.24, 2.45) is 10.2 Å². The molecule has 3 heteroatoms. The quantitative estimate of drug-likeness (QED) is 0.411. The minimum Gasteiger partial charge on any atom is -0.159 e. The highest BCUT2D eigenvalue weighted by Gasteiger charge is 1.92. The summed E-state index contributed by atoms with van der Waals surface area (Å²) in [4.78, 5) is 0. The molecular formula is C18H17ClN2. The molecule has 0 spiro atoms. The van der Waals surface area contributed by atoms with Gasteiger partial charge >= 0.3 is 0 Å². The van der Waals surface area contributed by atoms with Crippen LogP contribution in [0.25, 0.3) is 0 Å². The van der Waals surface area contributed by atoms with E-state index < -0.39 is 0 Å². The van der Waals surface area contributed by atoms with E-state index in [9.17, 15) is 0 Å². The lowest BCUT2D eigenvalue weighted by Crippen LogP contribution is -1.85. The Balaban J connectivity index is 1.91. The van der Waals surface area contributed by atoms with Crippen LogP contribution in [0.4, 0.5) is 0 Å². The molecule has 2 aromatic rings. The first kappa shape index (κ1) is 15.2. The maximum Gasteiger partial charge on any atom is 0.0568 e. The van der Waals surface area contributed by atoms with Crippen LogP contribution in [-0.4, -0.2) is 12.4 Å². The second-order valence-electron chi connectivity index (χ2n) is 4.61. The highest BCUT2D eigenvalue weighted by atomic mass is 35.5. The molecule has 0 unspecified atom stereocenters. The lowest BCUT2D eigenvalue weighted by molar-refractivity contribution is 1.00. The summed E-state index contributed by atoms with van der Waals surface area (Å²) in [7, 11) is 0. The molecule has 0 aromatic heterocycles. The molecule has 0 aliphatic rings. The Labute approximate surface area is 130 Å². The fourth-order valence-corrected chi connectivity index (χ4v) is 1.91. The van der Waals surface area contributed by atoms with Crippen LogP contribution in [0.2, 0.25) is 5.02 Å². The molecule has 0 aliphatic carbocycles. The van der Waals surface area contributed by atoms with Crippen LogP contribution < -0.4 is 0 Å². The van der Waals surface area contributed by atoms with Crippen LogP contribution in [0, 0.1) is 0 Å². The molecule has 106 valence electrons. The van der Waals surface area contributed by atoms with Crippen LogP contribution in [0.1, 0.15) is 23.1 Å². The summed E-state index contributed by atoms with van der Waals surface area (Å²) in [6, 6.07) is 15.7. The summed E-state index contributed by atoms with van der Waals surface area (Å²) in [6.45, 7) is 3.73. The highest BCUT2D eigenvalue weighted by Crippen LogP contribution is 2.08. The predicted molar refractivity (Wildman–Crippen MR) is 91.6 cm³/mol. The molecule has 2 nitrogen and oxygen atoms in total. The lowest BCUT2D eigenvalue weighted by atomic mass is 10.1. The molecule has 0 saturated carbocycles. The first-order valence-electron chi connectivity index (χ1n) is 6.80. The molecule has 21 heavy (non-hydrogen) atoms. The Morgan fingerprint density at radius 2 is 1.38 bits per heavy atom. The maximum atomic E-state index is 5.82. The average Bonchev–Trinajstić information content (AvgIpc) is 2.52. The predicted octanol–water partition coefficient (Wildman–Crippen LogP) is 4.91. The van der Waals surface area contributed by atoms with Crippen molar-refractivity contribution in [3.8, 4) is 0 Å². The Hall–Kier alpha value is -2.19. The van der Waals surface area contributed by atoms with Gasteiger partial charge < -0.3 is 0 Å². The number of rotatable bonds is 6. The van der Waals surface area contributed by atoms with Crippen molar-refractivity contribution < 1.29 is 0 Å². The van der Waals surface area contributed by atoms with Gasteiger partial charge in [0.15, 0.2) is 0 Å². The summed E-state index contributed by atoms with van der Waals surface area (Å²) >= 11 is 5.82. The molecular weight excluding hydrogens is 280 g/mol. The third-order valence-electron chi connectivity index (χ3n) is 2.97. The fraction of sp³-hybridized carbons (Fsp3) is 0.111. The molecule has 0 aliphatic heterocycles. The zero-order valence-corrected chi connectivity index (χ0v) is 12.5. The summed E-state index contributed by atoms with van der Waals surface area (Å²) < 4.78 is 0. The van der Waals surface area contributed by atoms with Crippen molar-refractivity contribution in [3.05, 3.63) is 82.9 Å². The first-order valence-corrected chi connectivity index (χ1v) is 7.17. The van der Waals surface area contributed by atoms with Crippen LogP contribution in [0.3, 0.4) is 0 Å². The van der Waals surface area contributed by atoms with Gasteiger partial charge in [0.1, 0.15) is 0 Å². The molecule has 0 bridgehead atoms. The van der Waals surface area contributed by atoms with Crippen molar-refractivity contribution in [2.45, 2.75) is 12.8 Å². The monoisotopic (exact) mass is 296 g/mol. The van der Waals surface area contributed by atoms with E-state index in [1.54, 1.807) is 12.4 Å². The Morgan fingerprint density at radius 1 is 0.857 bits per heavy atom. The molecule has 0 fully saturated rings. The van der Waals surface area contributed by atoms with Gasteiger partial charge in [-0.15, -0.1) is 6.58 Å². The molecule has 0 heterocycles. The van der Waals surface area contributed by atoms with E-state index in [1.165, 1.54) is 5.56 Å². The van der Waals surface area contributed by atoms with Crippen LogP contribution in [-0.2, 0) is 6.42 Å². The smallest absolute Gasteiger partial charge is 0.0568 e. The van der Waals surface area contributed by atoms with E-state index in [0.29, 0.717) is 5.02 Å². The highest BCUT2D eigenvalue weighted by molar-refractivity contribution is 6.30. The topological polar surface area (TPSA) is 24.7 Å². The van der Waals surface area contributed by atoms with E-state index in [4.69, 9.17) is 11.6 Å². The summed E-state index contributed by atoms with van der Waals surface area (Å²) in [5.41, 5.74) is 3.30. The molecule has 0 amide bonds. The van der Waals surface area contributed by atoms with E-state index in [-0.39, 0.29) is 0 Å². The van der Waals surface area contributed by atoms with Gasteiger partial charge in [0.25, 0.3) is 0 Å². The van der Waals surface area contributed by atoms with Gasteiger partial charge in [-0.25, -0.2) is 0 Å². The number of halogens is 1. The summed E-state index contributed by atoms with van der Waals surface area (Å²) in [5.74, 6) is 0. The van der Waals surface area contributed by atoms with Gasteiger partial charge in [-0.05, 0) is 41.7 Å². The van der Waals surface area contributed by atoms with Crippen molar-refractivity contribution in [1.29, 1.82) is 0 Å². The van der Waals surface area contributed by atoms with Crippen LogP contribution in [0.15, 0.2) is 71.4 Å². The summed E-state index contributed by atoms with van der Waals surface area (Å²) in [6.07, 6.45) is 7.39. The Kier molecular flexibility index (Phi) is 5.92. The van der Waals surface area contributed by atoms with Gasteiger partial charge in [0.05, 0.1) is 12.4 Å². The largest absolute Gasteiger partial charge is 0.159 e. The zero-order chi connectivity index (χ0) is 14.9. The fourth-order valence-electron chi connectivity index (χ4n) is 1.79. The van der Waals surface area contributed by atoms with Gasteiger partial charge in [0.2, 0.25) is 0 Å². The van der Waals surface area contributed by atoms with E-state index in [1.807, 2.05) is 42.5 Å². The summed E-state index contributed by atoms with van der Waals surface area (Å²) in [5, 5.41) is 8.79. The molecule has 2 aromatic carbocycles. The molecule has 0 N–H and O–H groups in total. The standard InChI is InChI=1S/C18H17ClN2/c1-2-3-4-15-5-7-16(8-6-15)13-20-21-14-17-9-11-18(19)12-10-17/h2,5-14H,1,3-4H2. The number of allylic oxidation sites excluding steroid dienone is 1. The number of nitrogens with zero attached hydrogens (tertiary/aromatic N) is 2. The third kappa shape index (κ3) is 5.36. The zero-order valence-electron chi connectivity index (χ0n) is 11.7. The second-order valence-corrected chi connectivity index (χ2v) is 5.05. The number of benzene rings is 2. The minimum absolute atomic E-state index is 0.715. The van der Waals surface area contributed by atoms with E-state index >= 15 is 0 Å². The second kappa shape index (κ2) is 8.18. The van der Waals surface area contributed by atoms with Crippen LogP contribution >= 0.6 is 11.6 Å². The number of hydrogen-bond donors (Lipinski definition) is 0. The maximum absolute atomic E-state index is 5.82. The van der Waals surface area contributed by atoms with Crippen molar-refractivity contribution >= 4 is 24.0 Å². The molecule has 0 atom stereocenters. The van der Waals surface area contributed by atoms with Crippen molar-refractivity contribution in [3.63, 3.8) is 0 Å². The third-order valence-corrected chi connectivity index (χ3v) is 3.22. The van der Waals surface area contributed by atoms with Gasteiger partial charge in [-0.3, -0.25) is 0 Å². The van der Waals surface area contributed by atoms with E-state index in [2.05, 4.69) is 28.9 Å². The minimum atomic E-state index is 0.715. The van der Waals surface area contributed by atoms with Crippen molar-refractivity contribution in [1.82, 2.24) is 0 Å². The SMILES string of the molecule is C=CCCc1ccc(C=NN=Cc2ccc(Cl)cc2)cc1.